The van der Waals surface area contributed by atoms with Crippen molar-refractivity contribution < 1.29 is 9.18 Å². The van der Waals surface area contributed by atoms with Crippen LogP contribution in [0.3, 0.4) is 0 Å². The molecule has 2 aliphatic carbocycles. The van der Waals surface area contributed by atoms with Gasteiger partial charge in [-0.2, -0.15) is 5.10 Å². The molecule has 1 aromatic carbocycles. The summed E-state index contributed by atoms with van der Waals surface area (Å²) in [5, 5.41) is 4.19. The van der Waals surface area contributed by atoms with E-state index in [9.17, 15) is 9.18 Å². The summed E-state index contributed by atoms with van der Waals surface area (Å²) >= 11 is 0. The van der Waals surface area contributed by atoms with Crippen LogP contribution < -0.4 is 5.43 Å². The molecule has 0 heterocycles. The number of nitrogens with one attached hydrogen (secondary N) is 1. The van der Waals surface area contributed by atoms with Crippen molar-refractivity contribution in [2.24, 2.45) is 22.9 Å². The van der Waals surface area contributed by atoms with Crippen molar-refractivity contribution in [3.63, 3.8) is 0 Å². The first-order valence-electron chi connectivity index (χ1n) is 7.24. The fourth-order valence-corrected chi connectivity index (χ4v) is 3.68. The van der Waals surface area contributed by atoms with Crippen LogP contribution in [0.2, 0.25) is 0 Å². The second kappa shape index (κ2) is 5.35. The van der Waals surface area contributed by atoms with Gasteiger partial charge in [0.15, 0.2) is 0 Å². The van der Waals surface area contributed by atoms with Crippen molar-refractivity contribution in [1.82, 2.24) is 5.43 Å². The molecular weight excluding hydrogens is 255 g/mol. The van der Waals surface area contributed by atoms with E-state index < -0.39 is 11.7 Å². The van der Waals surface area contributed by atoms with E-state index in [1.165, 1.54) is 37.8 Å². The van der Waals surface area contributed by atoms with E-state index in [1.54, 1.807) is 12.1 Å². The van der Waals surface area contributed by atoms with Gasteiger partial charge in [0.25, 0.3) is 5.91 Å². The quantitative estimate of drug-likeness (QED) is 0.666. The van der Waals surface area contributed by atoms with Gasteiger partial charge in [-0.3, -0.25) is 4.79 Å². The fraction of sp³-hybridized carbons (Fsp3) is 0.500. The molecule has 20 heavy (non-hydrogen) atoms. The maximum Gasteiger partial charge on any atom is 0.274 e. The van der Waals surface area contributed by atoms with E-state index >= 15 is 0 Å². The van der Waals surface area contributed by atoms with Crippen LogP contribution >= 0.6 is 0 Å². The average molecular weight is 274 g/mol. The molecule has 0 radical (unpaired) electrons. The molecule has 1 amide bonds. The van der Waals surface area contributed by atoms with E-state index in [4.69, 9.17) is 0 Å². The van der Waals surface area contributed by atoms with Crippen LogP contribution in [0.4, 0.5) is 4.39 Å². The Morgan fingerprint density at radius 2 is 2.10 bits per heavy atom. The predicted molar refractivity (Wildman–Crippen MR) is 75.9 cm³/mol. The lowest BCUT2D eigenvalue weighted by Crippen LogP contribution is -2.25. The second-order valence-electron chi connectivity index (χ2n) is 5.96. The molecule has 2 bridgehead atoms. The summed E-state index contributed by atoms with van der Waals surface area (Å²) < 4.78 is 13.5. The lowest BCUT2D eigenvalue weighted by molar-refractivity contribution is 0.0950. The van der Waals surface area contributed by atoms with Crippen LogP contribution in [0.1, 0.15) is 43.0 Å². The summed E-state index contributed by atoms with van der Waals surface area (Å²) in [4.78, 5) is 11.9. The summed E-state index contributed by atoms with van der Waals surface area (Å²) in [5.74, 6) is 1.07. The molecule has 1 aromatic rings. The van der Waals surface area contributed by atoms with Crippen LogP contribution in [-0.4, -0.2) is 11.6 Å². The summed E-state index contributed by atoms with van der Waals surface area (Å²) in [6, 6.07) is 5.95. The number of hydrazone groups is 1. The fourth-order valence-electron chi connectivity index (χ4n) is 3.68. The van der Waals surface area contributed by atoms with Gasteiger partial charge in [0, 0.05) is 11.6 Å². The topological polar surface area (TPSA) is 41.5 Å². The van der Waals surface area contributed by atoms with Gasteiger partial charge in [0.2, 0.25) is 0 Å². The molecule has 0 saturated heterocycles. The van der Waals surface area contributed by atoms with Crippen molar-refractivity contribution in [3.05, 3.63) is 35.6 Å². The molecule has 0 aliphatic heterocycles. The van der Waals surface area contributed by atoms with E-state index in [-0.39, 0.29) is 5.56 Å². The minimum Gasteiger partial charge on any atom is -0.267 e. The number of amides is 1. The minimum atomic E-state index is -0.516. The second-order valence-corrected chi connectivity index (χ2v) is 5.96. The zero-order valence-corrected chi connectivity index (χ0v) is 11.6. The standard InChI is InChI=1S/C16H19FN2O/c1-10(14-9-11-6-7-12(14)8-11)18-19-16(20)13-4-2-3-5-15(13)17/h2-5,11-12,14H,6-9H2,1H3,(H,19,20). The van der Waals surface area contributed by atoms with Gasteiger partial charge < -0.3 is 0 Å². The van der Waals surface area contributed by atoms with Gasteiger partial charge in [-0.25, -0.2) is 9.82 Å². The molecule has 2 aliphatic rings. The highest BCUT2D eigenvalue weighted by Gasteiger charge is 2.40. The van der Waals surface area contributed by atoms with E-state index in [1.807, 2.05) is 6.92 Å². The molecule has 106 valence electrons. The molecule has 4 heteroatoms. The highest BCUT2D eigenvalue weighted by molar-refractivity contribution is 5.95. The third-order valence-electron chi connectivity index (χ3n) is 4.73. The largest absolute Gasteiger partial charge is 0.274 e. The summed E-state index contributed by atoms with van der Waals surface area (Å²) in [7, 11) is 0. The number of hydrogen-bond donors (Lipinski definition) is 1. The monoisotopic (exact) mass is 274 g/mol. The summed E-state index contributed by atoms with van der Waals surface area (Å²) in [6.07, 6.45) is 5.12. The van der Waals surface area contributed by atoms with Gasteiger partial charge >= 0.3 is 0 Å². The maximum atomic E-state index is 13.5. The SMILES string of the molecule is CC(=NNC(=O)c1ccccc1F)C1CC2CCC1C2. The Bertz CT molecular complexity index is 555. The van der Waals surface area contributed by atoms with Crippen LogP contribution in [0.25, 0.3) is 0 Å². The van der Waals surface area contributed by atoms with E-state index in [0.717, 1.165) is 17.5 Å². The predicted octanol–water partition coefficient (Wildman–Crippen LogP) is 3.37. The number of fused-ring (bicyclic) bond motifs is 2. The highest BCUT2D eigenvalue weighted by atomic mass is 19.1. The molecule has 3 rings (SSSR count). The van der Waals surface area contributed by atoms with E-state index in [0.29, 0.717) is 5.92 Å². The van der Waals surface area contributed by atoms with Crippen molar-refractivity contribution in [1.29, 1.82) is 0 Å². The molecule has 1 N–H and O–H groups in total. The Morgan fingerprint density at radius 1 is 1.30 bits per heavy atom. The zero-order chi connectivity index (χ0) is 14.1. The Labute approximate surface area is 118 Å². The number of carbonyl (C=O) groups is 1. The maximum absolute atomic E-state index is 13.5. The van der Waals surface area contributed by atoms with Gasteiger partial charge in [0.1, 0.15) is 5.82 Å². The van der Waals surface area contributed by atoms with E-state index in [2.05, 4.69) is 10.5 Å². The summed E-state index contributed by atoms with van der Waals surface area (Å²) in [6.45, 7) is 1.97. The number of carbonyl (C=O) groups excluding carboxylic acids is 1. The van der Waals surface area contributed by atoms with Crippen LogP contribution in [0, 0.1) is 23.6 Å². The molecule has 2 saturated carbocycles. The number of hydrogen-bond acceptors (Lipinski definition) is 2. The third kappa shape index (κ3) is 2.47. The first-order valence-corrected chi connectivity index (χ1v) is 7.24. The molecule has 3 unspecified atom stereocenters. The first-order chi connectivity index (χ1) is 9.65. The molecule has 3 atom stereocenters. The summed E-state index contributed by atoms with van der Waals surface area (Å²) in [5.41, 5.74) is 3.50. The molecular formula is C16H19FN2O. The smallest absolute Gasteiger partial charge is 0.267 e. The molecule has 0 spiro atoms. The Hall–Kier alpha value is -1.71. The average Bonchev–Trinajstić information content (AvgIpc) is 3.07. The van der Waals surface area contributed by atoms with Crippen LogP contribution in [-0.2, 0) is 0 Å². The number of nitrogens with zero attached hydrogens (tertiary/aromatic N) is 1. The lowest BCUT2D eigenvalue weighted by Gasteiger charge is -2.21. The van der Waals surface area contributed by atoms with Crippen molar-refractivity contribution >= 4 is 11.6 Å². The normalized spacial score (nSPS) is 28.7. The highest BCUT2D eigenvalue weighted by Crippen LogP contribution is 2.48. The minimum absolute atomic E-state index is 0.0389. The molecule has 0 aromatic heterocycles. The van der Waals surface area contributed by atoms with Gasteiger partial charge in [0.05, 0.1) is 5.56 Å². The van der Waals surface area contributed by atoms with Crippen molar-refractivity contribution in [2.45, 2.75) is 32.6 Å². The Balaban J connectivity index is 1.65. The number of benzene rings is 1. The van der Waals surface area contributed by atoms with Gasteiger partial charge in [-0.05, 0) is 50.2 Å². The Morgan fingerprint density at radius 3 is 2.75 bits per heavy atom. The Kier molecular flexibility index (Phi) is 3.55. The van der Waals surface area contributed by atoms with Crippen molar-refractivity contribution in [3.8, 4) is 0 Å². The molecule has 3 nitrogen and oxygen atoms in total. The van der Waals surface area contributed by atoms with Crippen LogP contribution in [0.5, 0.6) is 0 Å². The van der Waals surface area contributed by atoms with Gasteiger partial charge in [-0.1, -0.05) is 18.6 Å². The first kappa shape index (κ1) is 13.3. The molecule has 2 fully saturated rings. The van der Waals surface area contributed by atoms with Crippen LogP contribution in [0.15, 0.2) is 29.4 Å². The number of halogens is 1. The van der Waals surface area contributed by atoms with Crippen molar-refractivity contribution in [2.75, 3.05) is 0 Å². The van der Waals surface area contributed by atoms with Gasteiger partial charge in [-0.15, -0.1) is 0 Å². The number of rotatable bonds is 3. The third-order valence-corrected chi connectivity index (χ3v) is 4.73. The zero-order valence-electron chi connectivity index (χ0n) is 11.6. The lowest BCUT2D eigenvalue weighted by atomic mass is 9.86.